The number of aliphatic hydroxyl groups is 2. The third kappa shape index (κ3) is 2.40. The van der Waals surface area contributed by atoms with Crippen LogP contribution in [0.1, 0.15) is 11.1 Å². The van der Waals surface area contributed by atoms with Crippen LogP contribution in [0.5, 0.6) is 0 Å². The number of hydrogen-bond donors (Lipinski definition) is 2. The Balaban J connectivity index is 2.32. The van der Waals surface area contributed by atoms with E-state index in [0.29, 0.717) is 6.42 Å². The highest BCUT2D eigenvalue weighted by molar-refractivity contribution is 5.29. The monoisotopic (exact) mass is 232 g/mol. The van der Waals surface area contributed by atoms with Gasteiger partial charge in [-0.15, -0.1) is 0 Å². The topological polar surface area (TPSA) is 53.6 Å². The third-order valence-electron chi connectivity index (χ3n) is 3.11. The second kappa shape index (κ2) is 5.17. The van der Waals surface area contributed by atoms with Gasteiger partial charge >= 0.3 is 0 Å². The van der Waals surface area contributed by atoms with Crippen molar-refractivity contribution in [1.82, 2.24) is 0 Å². The molecule has 0 aliphatic carbocycles. The summed E-state index contributed by atoms with van der Waals surface area (Å²) < 4.78 is 5.02. The van der Waals surface area contributed by atoms with Crippen molar-refractivity contribution in [3.8, 4) is 0 Å². The molecule has 0 saturated heterocycles. The maximum atomic E-state index is 9.64. The normalized spacial score (nSPS) is 11.6. The predicted octanol–water partition coefficient (Wildman–Crippen LogP) is 1.74. The highest BCUT2D eigenvalue weighted by Gasteiger charge is 2.31. The summed E-state index contributed by atoms with van der Waals surface area (Å²) in [5, 5.41) is 19.3. The first-order valence-corrected chi connectivity index (χ1v) is 5.59. The minimum atomic E-state index is -0.648. The van der Waals surface area contributed by atoms with Gasteiger partial charge in [-0.3, -0.25) is 0 Å². The summed E-state index contributed by atoms with van der Waals surface area (Å²) in [5.74, 6) is 0. The van der Waals surface area contributed by atoms with Crippen LogP contribution < -0.4 is 0 Å². The zero-order chi connectivity index (χ0) is 12.1. The standard InChI is InChI=1S/C14H16O3/c15-10-14(11-16,8-12-6-7-17-9-12)13-4-2-1-3-5-13/h1-7,9,15-16H,8,10-11H2. The molecule has 90 valence electrons. The Labute approximate surface area is 100 Å². The zero-order valence-electron chi connectivity index (χ0n) is 9.54. The fraction of sp³-hybridized carbons (Fsp3) is 0.286. The lowest BCUT2D eigenvalue weighted by atomic mass is 9.77. The molecule has 0 bridgehead atoms. The Morgan fingerprint density at radius 2 is 1.71 bits per heavy atom. The summed E-state index contributed by atoms with van der Waals surface area (Å²) in [5.41, 5.74) is 1.26. The minimum Gasteiger partial charge on any atom is -0.472 e. The van der Waals surface area contributed by atoms with Crippen LogP contribution in [0, 0.1) is 0 Å². The van der Waals surface area contributed by atoms with Crippen molar-refractivity contribution in [1.29, 1.82) is 0 Å². The molecule has 0 spiro atoms. The summed E-state index contributed by atoms with van der Waals surface area (Å²) in [6.45, 7) is -0.197. The fourth-order valence-electron chi connectivity index (χ4n) is 2.02. The number of aliphatic hydroxyl groups excluding tert-OH is 2. The van der Waals surface area contributed by atoms with Gasteiger partial charge < -0.3 is 14.6 Å². The van der Waals surface area contributed by atoms with E-state index in [1.165, 1.54) is 0 Å². The van der Waals surface area contributed by atoms with Crippen LogP contribution in [-0.4, -0.2) is 23.4 Å². The van der Waals surface area contributed by atoms with Crippen LogP contribution >= 0.6 is 0 Å². The van der Waals surface area contributed by atoms with E-state index in [9.17, 15) is 10.2 Å². The molecule has 17 heavy (non-hydrogen) atoms. The second-order valence-electron chi connectivity index (χ2n) is 4.27. The molecule has 1 aromatic heterocycles. The quantitative estimate of drug-likeness (QED) is 0.825. The van der Waals surface area contributed by atoms with E-state index in [2.05, 4.69) is 0 Å². The van der Waals surface area contributed by atoms with Crippen molar-refractivity contribution in [2.24, 2.45) is 0 Å². The van der Waals surface area contributed by atoms with E-state index in [1.54, 1.807) is 12.5 Å². The molecule has 2 aromatic rings. The molecular weight excluding hydrogens is 216 g/mol. The van der Waals surface area contributed by atoms with Gasteiger partial charge in [0.15, 0.2) is 0 Å². The molecule has 0 radical (unpaired) electrons. The Hall–Kier alpha value is -1.58. The van der Waals surface area contributed by atoms with Gasteiger partial charge in [0.1, 0.15) is 0 Å². The summed E-state index contributed by atoms with van der Waals surface area (Å²) in [7, 11) is 0. The van der Waals surface area contributed by atoms with Crippen molar-refractivity contribution < 1.29 is 14.6 Å². The van der Waals surface area contributed by atoms with Crippen LogP contribution in [-0.2, 0) is 11.8 Å². The molecule has 3 heteroatoms. The maximum absolute atomic E-state index is 9.64. The van der Waals surface area contributed by atoms with E-state index in [-0.39, 0.29) is 13.2 Å². The predicted molar refractivity (Wildman–Crippen MR) is 64.7 cm³/mol. The average molecular weight is 232 g/mol. The number of benzene rings is 1. The van der Waals surface area contributed by atoms with E-state index < -0.39 is 5.41 Å². The van der Waals surface area contributed by atoms with E-state index in [0.717, 1.165) is 11.1 Å². The van der Waals surface area contributed by atoms with Crippen molar-refractivity contribution in [2.75, 3.05) is 13.2 Å². The molecule has 3 nitrogen and oxygen atoms in total. The molecular formula is C14H16O3. The largest absolute Gasteiger partial charge is 0.472 e. The number of furan rings is 1. The smallest absolute Gasteiger partial charge is 0.0934 e. The SMILES string of the molecule is OCC(CO)(Cc1ccoc1)c1ccccc1. The van der Waals surface area contributed by atoms with Crippen molar-refractivity contribution in [3.05, 3.63) is 60.1 Å². The van der Waals surface area contributed by atoms with Gasteiger partial charge in [-0.1, -0.05) is 30.3 Å². The van der Waals surface area contributed by atoms with Gasteiger partial charge in [-0.25, -0.2) is 0 Å². The van der Waals surface area contributed by atoms with Gasteiger partial charge in [0.25, 0.3) is 0 Å². The number of hydrogen-bond acceptors (Lipinski definition) is 3. The van der Waals surface area contributed by atoms with Gasteiger partial charge in [-0.2, -0.15) is 0 Å². The molecule has 0 unspecified atom stereocenters. The molecule has 2 rings (SSSR count). The molecule has 2 N–H and O–H groups in total. The fourth-order valence-corrected chi connectivity index (χ4v) is 2.02. The first-order valence-electron chi connectivity index (χ1n) is 5.59. The van der Waals surface area contributed by atoms with Crippen LogP contribution in [0.4, 0.5) is 0 Å². The number of rotatable bonds is 5. The Kier molecular flexibility index (Phi) is 3.61. The van der Waals surface area contributed by atoms with Gasteiger partial charge in [-0.05, 0) is 23.6 Å². The maximum Gasteiger partial charge on any atom is 0.0934 e. The molecule has 0 amide bonds. The highest BCUT2D eigenvalue weighted by Crippen LogP contribution is 2.28. The van der Waals surface area contributed by atoms with Crippen molar-refractivity contribution >= 4 is 0 Å². The lowest BCUT2D eigenvalue weighted by molar-refractivity contribution is 0.116. The zero-order valence-corrected chi connectivity index (χ0v) is 9.54. The van der Waals surface area contributed by atoms with E-state index >= 15 is 0 Å². The van der Waals surface area contributed by atoms with Crippen LogP contribution in [0.25, 0.3) is 0 Å². The molecule has 1 aromatic carbocycles. The second-order valence-corrected chi connectivity index (χ2v) is 4.27. The Morgan fingerprint density at radius 3 is 2.24 bits per heavy atom. The first kappa shape index (κ1) is 11.9. The summed E-state index contributed by atoms with van der Waals surface area (Å²) in [4.78, 5) is 0. The molecule has 0 atom stereocenters. The Bertz CT molecular complexity index is 430. The summed E-state index contributed by atoms with van der Waals surface area (Å²) in [6, 6.07) is 11.4. The summed E-state index contributed by atoms with van der Waals surface area (Å²) in [6.07, 6.45) is 3.79. The molecule has 0 aliphatic rings. The molecule has 1 heterocycles. The van der Waals surface area contributed by atoms with Crippen molar-refractivity contribution in [2.45, 2.75) is 11.8 Å². The molecule has 0 fully saturated rings. The third-order valence-corrected chi connectivity index (χ3v) is 3.11. The van der Waals surface area contributed by atoms with Crippen molar-refractivity contribution in [3.63, 3.8) is 0 Å². The minimum absolute atomic E-state index is 0.0985. The highest BCUT2D eigenvalue weighted by atomic mass is 16.3. The molecule has 0 saturated carbocycles. The molecule has 0 aliphatic heterocycles. The summed E-state index contributed by atoms with van der Waals surface area (Å²) >= 11 is 0. The first-order chi connectivity index (χ1) is 8.30. The van der Waals surface area contributed by atoms with E-state index in [1.807, 2.05) is 36.4 Å². The van der Waals surface area contributed by atoms with Gasteiger partial charge in [0, 0.05) is 5.41 Å². The lowest BCUT2D eigenvalue weighted by Crippen LogP contribution is -2.37. The van der Waals surface area contributed by atoms with Crippen LogP contribution in [0.3, 0.4) is 0 Å². The van der Waals surface area contributed by atoms with Gasteiger partial charge in [0.05, 0.1) is 25.7 Å². The van der Waals surface area contributed by atoms with E-state index in [4.69, 9.17) is 4.42 Å². The van der Waals surface area contributed by atoms with Gasteiger partial charge in [0.2, 0.25) is 0 Å². The van der Waals surface area contributed by atoms with Crippen LogP contribution in [0.15, 0.2) is 53.3 Å². The van der Waals surface area contributed by atoms with Crippen LogP contribution in [0.2, 0.25) is 0 Å². The Morgan fingerprint density at radius 1 is 1.00 bits per heavy atom. The lowest BCUT2D eigenvalue weighted by Gasteiger charge is -2.30. The average Bonchev–Trinajstić information content (AvgIpc) is 2.90.